The van der Waals surface area contributed by atoms with Crippen LogP contribution in [-0.4, -0.2) is 6.61 Å². The number of halogens is 2. The fourth-order valence-corrected chi connectivity index (χ4v) is 1.45. The molecule has 0 spiro atoms. The van der Waals surface area contributed by atoms with E-state index in [-0.39, 0.29) is 24.3 Å². The Labute approximate surface area is 82.3 Å². The molecule has 0 radical (unpaired) electrons. The molecule has 4 heteroatoms. The van der Waals surface area contributed by atoms with Crippen LogP contribution in [0.5, 0.6) is 0 Å². The number of benzene rings is 1. The molecule has 0 bridgehead atoms. The molecule has 1 aromatic rings. The van der Waals surface area contributed by atoms with Gasteiger partial charge in [0.1, 0.15) is 5.82 Å². The number of fused-ring (bicyclic) bond motifs is 1. The molecule has 0 saturated carbocycles. The van der Waals surface area contributed by atoms with E-state index >= 15 is 0 Å². The fraction of sp³-hybridized carbons (Fsp3) is 0.333. The first-order valence-corrected chi connectivity index (χ1v) is 3.89. The maximum absolute atomic E-state index is 12.7. The average molecular weight is 204 g/mol. The summed E-state index contributed by atoms with van der Waals surface area (Å²) < 4.78 is 17.9. The quantitative estimate of drug-likeness (QED) is 0.698. The van der Waals surface area contributed by atoms with Gasteiger partial charge in [0.15, 0.2) is 0 Å². The second kappa shape index (κ2) is 4.05. The average Bonchev–Trinajstić information content (AvgIpc) is 2.04. The van der Waals surface area contributed by atoms with Gasteiger partial charge in [-0.25, -0.2) is 4.39 Å². The van der Waals surface area contributed by atoms with Crippen molar-refractivity contribution in [3.05, 3.63) is 35.1 Å². The molecule has 1 atom stereocenters. The molecule has 1 unspecified atom stereocenters. The first kappa shape index (κ1) is 10.4. The van der Waals surface area contributed by atoms with E-state index in [9.17, 15) is 4.39 Å². The topological polar surface area (TPSA) is 35.2 Å². The Hall–Kier alpha value is -0.640. The van der Waals surface area contributed by atoms with Gasteiger partial charge in [0.05, 0.1) is 19.3 Å². The Morgan fingerprint density at radius 3 is 3.00 bits per heavy atom. The lowest BCUT2D eigenvalue weighted by molar-refractivity contribution is 0.0921. The minimum absolute atomic E-state index is 0. The fourth-order valence-electron chi connectivity index (χ4n) is 1.45. The van der Waals surface area contributed by atoms with Crippen LogP contribution in [0.3, 0.4) is 0 Å². The zero-order chi connectivity index (χ0) is 8.55. The second-order valence-electron chi connectivity index (χ2n) is 2.96. The van der Waals surface area contributed by atoms with Gasteiger partial charge < -0.3 is 10.5 Å². The van der Waals surface area contributed by atoms with Crippen LogP contribution >= 0.6 is 12.4 Å². The SMILES string of the molecule is Cl.NC1COCc2cc(F)ccc21. The minimum atomic E-state index is -0.230. The predicted octanol–water partition coefficient (Wildman–Crippen LogP) is 1.78. The Balaban J connectivity index is 0.000000845. The highest BCUT2D eigenvalue weighted by atomic mass is 35.5. The van der Waals surface area contributed by atoms with Crippen molar-refractivity contribution in [3.8, 4) is 0 Å². The zero-order valence-electron chi connectivity index (χ0n) is 7.00. The van der Waals surface area contributed by atoms with Gasteiger partial charge in [-0.05, 0) is 23.3 Å². The van der Waals surface area contributed by atoms with Crippen LogP contribution in [0.15, 0.2) is 18.2 Å². The lowest BCUT2D eigenvalue weighted by Crippen LogP contribution is -2.23. The largest absolute Gasteiger partial charge is 0.375 e. The molecule has 1 aliphatic rings. The van der Waals surface area contributed by atoms with Crippen LogP contribution in [0.1, 0.15) is 17.2 Å². The highest BCUT2D eigenvalue weighted by Gasteiger charge is 2.16. The molecular formula is C9H11ClFNO. The molecule has 0 aliphatic carbocycles. The lowest BCUT2D eigenvalue weighted by Gasteiger charge is -2.22. The highest BCUT2D eigenvalue weighted by molar-refractivity contribution is 5.85. The summed E-state index contributed by atoms with van der Waals surface area (Å²) in [5.41, 5.74) is 7.62. The summed E-state index contributed by atoms with van der Waals surface area (Å²) in [6.45, 7) is 0.999. The molecule has 1 aliphatic heterocycles. The monoisotopic (exact) mass is 203 g/mol. The Morgan fingerprint density at radius 2 is 2.23 bits per heavy atom. The van der Waals surface area contributed by atoms with Crippen LogP contribution in [0.4, 0.5) is 4.39 Å². The highest BCUT2D eigenvalue weighted by Crippen LogP contribution is 2.23. The third kappa shape index (κ3) is 1.99. The van der Waals surface area contributed by atoms with E-state index in [4.69, 9.17) is 10.5 Å². The summed E-state index contributed by atoms with van der Waals surface area (Å²) >= 11 is 0. The van der Waals surface area contributed by atoms with Gasteiger partial charge in [-0.1, -0.05) is 6.07 Å². The van der Waals surface area contributed by atoms with Crippen LogP contribution < -0.4 is 5.73 Å². The minimum Gasteiger partial charge on any atom is -0.375 e. The van der Waals surface area contributed by atoms with Crippen LogP contribution in [0.25, 0.3) is 0 Å². The number of hydrogen-bond donors (Lipinski definition) is 1. The summed E-state index contributed by atoms with van der Waals surface area (Å²) in [5.74, 6) is -0.230. The Morgan fingerprint density at radius 1 is 1.46 bits per heavy atom. The van der Waals surface area contributed by atoms with E-state index in [1.54, 1.807) is 6.07 Å². The van der Waals surface area contributed by atoms with Gasteiger partial charge in [-0.15, -0.1) is 12.4 Å². The molecule has 0 amide bonds. The van der Waals surface area contributed by atoms with Gasteiger partial charge in [-0.3, -0.25) is 0 Å². The first-order valence-electron chi connectivity index (χ1n) is 3.89. The number of hydrogen-bond acceptors (Lipinski definition) is 2. The van der Waals surface area contributed by atoms with Crippen molar-refractivity contribution in [1.82, 2.24) is 0 Å². The molecule has 1 heterocycles. The van der Waals surface area contributed by atoms with E-state index < -0.39 is 0 Å². The third-order valence-corrected chi connectivity index (χ3v) is 2.06. The van der Waals surface area contributed by atoms with Gasteiger partial charge in [0.2, 0.25) is 0 Å². The summed E-state index contributed by atoms with van der Waals surface area (Å²) in [4.78, 5) is 0. The maximum atomic E-state index is 12.7. The summed E-state index contributed by atoms with van der Waals surface area (Å²) in [6.07, 6.45) is 0. The van der Waals surface area contributed by atoms with Crippen molar-refractivity contribution in [2.45, 2.75) is 12.6 Å². The van der Waals surface area contributed by atoms with E-state index in [0.29, 0.717) is 13.2 Å². The van der Waals surface area contributed by atoms with Crippen LogP contribution in [0, 0.1) is 5.82 Å². The number of rotatable bonds is 0. The van der Waals surface area contributed by atoms with E-state index in [0.717, 1.165) is 11.1 Å². The molecule has 72 valence electrons. The number of nitrogens with two attached hydrogens (primary N) is 1. The standard InChI is InChI=1S/C9H10FNO.ClH/c10-7-1-2-8-6(3-7)4-12-5-9(8)11;/h1-3,9H,4-5,11H2;1H. The van der Waals surface area contributed by atoms with Crippen molar-refractivity contribution < 1.29 is 9.13 Å². The van der Waals surface area contributed by atoms with Crippen LogP contribution in [0.2, 0.25) is 0 Å². The molecular weight excluding hydrogens is 193 g/mol. The summed E-state index contributed by atoms with van der Waals surface area (Å²) in [5, 5.41) is 0. The van der Waals surface area contributed by atoms with Crippen molar-refractivity contribution in [2.24, 2.45) is 5.73 Å². The van der Waals surface area contributed by atoms with Crippen molar-refractivity contribution in [3.63, 3.8) is 0 Å². The first-order chi connectivity index (χ1) is 5.77. The number of ether oxygens (including phenoxy) is 1. The lowest BCUT2D eigenvalue weighted by atomic mass is 10.00. The Kier molecular flexibility index (Phi) is 3.25. The smallest absolute Gasteiger partial charge is 0.123 e. The molecule has 1 aromatic carbocycles. The molecule has 0 aromatic heterocycles. The van der Waals surface area contributed by atoms with Crippen molar-refractivity contribution in [1.29, 1.82) is 0 Å². The molecule has 2 rings (SSSR count). The van der Waals surface area contributed by atoms with Gasteiger partial charge in [-0.2, -0.15) is 0 Å². The maximum Gasteiger partial charge on any atom is 0.123 e. The molecule has 13 heavy (non-hydrogen) atoms. The van der Waals surface area contributed by atoms with Crippen molar-refractivity contribution in [2.75, 3.05) is 6.61 Å². The van der Waals surface area contributed by atoms with E-state index in [1.165, 1.54) is 12.1 Å². The van der Waals surface area contributed by atoms with E-state index in [1.807, 2.05) is 0 Å². The van der Waals surface area contributed by atoms with Gasteiger partial charge in [0, 0.05) is 0 Å². The second-order valence-corrected chi connectivity index (χ2v) is 2.96. The summed E-state index contributed by atoms with van der Waals surface area (Å²) in [7, 11) is 0. The molecule has 2 N–H and O–H groups in total. The van der Waals surface area contributed by atoms with E-state index in [2.05, 4.69) is 0 Å². The Bertz CT molecular complexity index is 306. The molecule has 0 saturated heterocycles. The third-order valence-electron chi connectivity index (χ3n) is 2.06. The predicted molar refractivity (Wildman–Crippen MR) is 50.2 cm³/mol. The normalized spacial score (nSPS) is 20.3. The van der Waals surface area contributed by atoms with Gasteiger partial charge in [0.25, 0.3) is 0 Å². The van der Waals surface area contributed by atoms with Gasteiger partial charge >= 0.3 is 0 Å². The zero-order valence-corrected chi connectivity index (χ0v) is 7.81. The molecule has 2 nitrogen and oxygen atoms in total. The van der Waals surface area contributed by atoms with Crippen LogP contribution in [-0.2, 0) is 11.3 Å². The molecule has 0 fully saturated rings. The summed E-state index contributed by atoms with van der Waals surface area (Å²) in [6, 6.07) is 4.55. The van der Waals surface area contributed by atoms with Crippen molar-refractivity contribution >= 4 is 12.4 Å².